The molecular formula is C44H71Cl2N3O13. The van der Waals surface area contributed by atoms with Crippen molar-refractivity contribution in [2.24, 2.45) is 0 Å². The number of carbonyl (C=O) groups is 2. The molecule has 0 spiro atoms. The monoisotopic (exact) mass is 919 g/mol. The van der Waals surface area contributed by atoms with E-state index in [2.05, 4.69) is 11.1 Å². The third-order valence-corrected chi connectivity index (χ3v) is 9.48. The molecule has 2 aromatic rings. The molecule has 354 valence electrons. The highest BCUT2D eigenvalue weighted by atomic mass is 35.5. The Hall–Kier alpha value is -2.52. The zero-order valence-corrected chi connectivity index (χ0v) is 38.3. The molecule has 4 N–H and O–H groups in total. The fraction of sp³-hybridized carbons (Fsp3) is 0.682. The van der Waals surface area contributed by atoms with E-state index in [0.29, 0.717) is 175 Å². The van der Waals surface area contributed by atoms with Crippen LogP contribution in [-0.4, -0.2) is 170 Å². The van der Waals surface area contributed by atoms with Crippen LogP contribution in [0.5, 0.6) is 0 Å². The third-order valence-electron chi connectivity index (χ3n) is 9.23. The Bertz CT molecular complexity index is 1430. The first-order chi connectivity index (χ1) is 29.9. The van der Waals surface area contributed by atoms with Gasteiger partial charge in [0.05, 0.1) is 151 Å². The van der Waals surface area contributed by atoms with Gasteiger partial charge in [0.2, 0.25) is 5.91 Å². The number of quaternary nitrogens is 1. The minimum atomic E-state index is -0.0651. The Morgan fingerprint density at radius 1 is 0.613 bits per heavy atom. The van der Waals surface area contributed by atoms with Crippen LogP contribution in [0.3, 0.4) is 0 Å². The lowest BCUT2D eigenvalue weighted by molar-refractivity contribution is -0.374. The Kier molecular flexibility index (Phi) is 33.0. The number of benzene rings is 2. The van der Waals surface area contributed by atoms with E-state index in [4.69, 9.17) is 63.7 Å². The van der Waals surface area contributed by atoms with Gasteiger partial charge in [0.15, 0.2) is 5.78 Å². The second kappa shape index (κ2) is 36.8. The number of anilines is 2. The van der Waals surface area contributed by atoms with Gasteiger partial charge in [-0.25, -0.2) is 0 Å². The van der Waals surface area contributed by atoms with Crippen molar-refractivity contribution in [3.63, 3.8) is 0 Å². The van der Waals surface area contributed by atoms with Crippen LogP contribution in [0.1, 0.15) is 55.1 Å². The van der Waals surface area contributed by atoms with E-state index in [-0.39, 0.29) is 36.2 Å². The molecule has 2 atom stereocenters. The van der Waals surface area contributed by atoms with Crippen molar-refractivity contribution in [3.05, 3.63) is 58.6 Å². The maximum atomic E-state index is 13.1. The number of ether oxygens (including phenoxy) is 11. The van der Waals surface area contributed by atoms with Gasteiger partial charge < -0.3 is 80.5 Å². The molecule has 0 saturated heterocycles. The van der Waals surface area contributed by atoms with Gasteiger partial charge in [-0.3, -0.25) is 9.59 Å². The molecule has 2 aromatic carbocycles. The molecule has 0 bridgehead atoms. The van der Waals surface area contributed by atoms with Gasteiger partial charge in [0.1, 0.15) is 0 Å². The number of Topliss-reactive ketones (excluding diaryl/α,β-unsaturated/α-hetero) is 1. The normalized spacial score (nSPS) is 14.7. The predicted octanol–water partition coefficient (Wildman–Crippen LogP) is 1.03. The second-order valence-electron chi connectivity index (χ2n) is 14.1. The molecule has 3 rings (SSSR count). The van der Waals surface area contributed by atoms with E-state index < -0.39 is 0 Å². The van der Waals surface area contributed by atoms with E-state index in [1.807, 2.05) is 54.3 Å². The summed E-state index contributed by atoms with van der Waals surface area (Å²) in [5.41, 5.74) is 7.02. The zero-order valence-electron chi connectivity index (χ0n) is 36.8. The van der Waals surface area contributed by atoms with Crippen LogP contribution in [0, 0.1) is 0 Å². The number of halogens is 2. The van der Waals surface area contributed by atoms with E-state index in [9.17, 15) is 9.59 Å². The highest BCUT2D eigenvalue weighted by Crippen LogP contribution is 2.40. The summed E-state index contributed by atoms with van der Waals surface area (Å²) < 4.78 is 60.4. The third kappa shape index (κ3) is 25.1. The van der Waals surface area contributed by atoms with Crippen LogP contribution in [0.15, 0.2) is 42.5 Å². The number of ketones is 1. The van der Waals surface area contributed by atoms with Crippen LogP contribution in [-0.2, 0) is 56.9 Å². The Labute approximate surface area is 379 Å². The van der Waals surface area contributed by atoms with Crippen molar-refractivity contribution in [2.75, 3.05) is 162 Å². The Morgan fingerprint density at radius 2 is 1.00 bits per heavy atom. The lowest BCUT2D eigenvalue weighted by Gasteiger charge is -2.39. The first-order valence-corrected chi connectivity index (χ1v) is 21.9. The van der Waals surface area contributed by atoms with Crippen molar-refractivity contribution in [2.45, 2.75) is 45.2 Å². The summed E-state index contributed by atoms with van der Waals surface area (Å²) in [5.74, 6) is 0.0152. The number of nitrogens with one attached hydrogen (secondary N) is 1. The molecule has 0 aromatic heterocycles. The molecule has 0 fully saturated rings. The molecule has 0 aliphatic carbocycles. The summed E-state index contributed by atoms with van der Waals surface area (Å²) in [6, 6.07) is 13.1. The van der Waals surface area contributed by atoms with Crippen LogP contribution in [0.4, 0.5) is 11.4 Å². The first-order valence-electron chi connectivity index (χ1n) is 21.5. The van der Waals surface area contributed by atoms with E-state index >= 15 is 0 Å². The second-order valence-corrected chi connectivity index (χ2v) is 14.5. The number of fused-ring (bicyclic) bond motifs is 1. The number of rotatable bonds is 39. The van der Waals surface area contributed by atoms with Crippen molar-refractivity contribution in [1.82, 2.24) is 0 Å². The standard InChI is InChI=1S/C44H70ClN3O13.ClH/c1-36-34-42(47-40-8-6-39(45)7-9-40)41-35-38(5-10-43(41)48(36)37(2)49)44(50)4-3-12-51-14-16-53-18-20-55-22-24-57-26-28-59-30-32-61-33-31-60-29-27-58-25-23-56-21-19-54-17-15-52-13-11-46;/h5-10,35-36,42,47H,3-4,11-34,46H2,1-2H3;1H/t36-,42+;/m0./s1. The van der Waals surface area contributed by atoms with Gasteiger partial charge in [-0.1, -0.05) is 11.6 Å². The number of nitrogens with zero attached hydrogens (tertiary/aromatic N) is 1. The fourth-order valence-electron chi connectivity index (χ4n) is 6.28. The summed E-state index contributed by atoms with van der Waals surface area (Å²) in [6.45, 7) is 15.4. The number of hydrogen-bond acceptors (Lipinski definition) is 14. The minimum absolute atomic E-state index is 0. The highest BCUT2D eigenvalue weighted by Gasteiger charge is 2.33. The highest BCUT2D eigenvalue weighted by molar-refractivity contribution is 6.30. The molecular weight excluding hydrogens is 849 g/mol. The Balaban J connectivity index is 0.0000132. The molecule has 18 heteroatoms. The molecule has 1 heterocycles. The van der Waals surface area contributed by atoms with Crippen molar-refractivity contribution >= 4 is 34.7 Å². The van der Waals surface area contributed by atoms with Crippen LogP contribution >= 0.6 is 11.6 Å². The molecule has 1 aliphatic rings. The van der Waals surface area contributed by atoms with Gasteiger partial charge in [0, 0.05) is 48.0 Å². The average molecular weight is 921 g/mol. The van der Waals surface area contributed by atoms with Crippen LogP contribution in [0.2, 0.25) is 5.02 Å². The number of hydrogen-bond donors (Lipinski definition) is 2. The first kappa shape index (κ1) is 55.6. The summed E-state index contributed by atoms with van der Waals surface area (Å²) in [7, 11) is 0. The molecule has 0 saturated carbocycles. The number of carbonyl (C=O) groups excluding carboxylic acids is 2. The summed E-state index contributed by atoms with van der Waals surface area (Å²) >= 11 is 6.08. The SMILES string of the molecule is CC(=O)N1c2ccc(C(=O)CCCOCCOCCOCCOCCOCCOCCOCCOCCOCCOCCOCC[NH3+])cc2[C@H](Nc2ccc(Cl)cc2)C[C@@H]1C.[Cl-]. The maximum Gasteiger partial charge on any atom is 0.224 e. The predicted molar refractivity (Wildman–Crippen MR) is 232 cm³/mol. The van der Waals surface area contributed by atoms with Gasteiger partial charge in [-0.05, 0) is 67.8 Å². The lowest BCUT2D eigenvalue weighted by Crippen LogP contribution is -3.00. The smallest absolute Gasteiger partial charge is 0.224 e. The summed E-state index contributed by atoms with van der Waals surface area (Å²) in [4.78, 5) is 27.5. The molecule has 0 radical (unpaired) electrons. The van der Waals surface area contributed by atoms with Gasteiger partial charge in [-0.15, -0.1) is 0 Å². The van der Waals surface area contributed by atoms with Crippen LogP contribution in [0.25, 0.3) is 0 Å². The molecule has 62 heavy (non-hydrogen) atoms. The van der Waals surface area contributed by atoms with Crippen molar-refractivity contribution in [1.29, 1.82) is 0 Å². The molecule has 16 nitrogen and oxygen atoms in total. The van der Waals surface area contributed by atoms with Gasteiger partial charge >= 0.3 is 0 Å². The molecule has 0 unspecified atom stereocenters. The molecule has 1 aliphatic heterocycles. The maximum absolute atomic E-state index is 13.1. The largest absolute Gasteiger partial charge is 1.00 e. The average Bonchev–Trinajstić information content (AvgIpc) is 3.25. The van der Waals surface area contributed by atoms with Gasteiger partial charge in [-0.2, -0.15) is 0 Å². The quantitative estimate of drug-likeness (QED) is 0.0718. The van der Waals surface area contributed by atoms with E-state index in [1.54, 1.807) is 6.92 Å². The van der Waals surface area contributed by atoms with Crippen molar-refractivity contribution < 1.29 is 79.8 Å². The van der Waals surface area contributed by atoms with E-state index in [1.165, 1.54) is 0 Å². The zero-order chi connectivity index (χ0) is 43.6. The van der Waals surface area contributed by atoms with E-state index in [0.717, 1.165) is 23.5 Å². The fourth-order valence-corrected chi connectivity index (χ4v) is 6.41. The molecule has 1 amide bonds. The Morgan fingerprint density at radius 3 is 1.39 bits per heavy atom. The topological polar surface area (TPSA) is 179 Å². The van der Waals surface area contributed by atoms with Crippen LogP contribution < -0.4 is 28.4 Å². The summed E-state index contributed by atoms with van der Waals surface area (Å²) in [6.07, 6.45) is 1.66. The lowest BCUT2D eigenvalue weighted by atomic mass is 9.89. The minimum Gasteiger partial charge on any atom is -1.00 e. The number of amides is 1. The van der Waals surface area contributed by atoms with Crippen molar-refractivity contribution in [3.8, 4) is 0 Å². The summed E-state index contributed by atoms with van der Waals surface area (Å²) in [5, 5.41) is 4.23. The van der Waals surface area contributed by atoms with Gasteiger partial charge in [0.25, 0.3) is 0 Å².